The van der Waals surface area contributed by atoms with E-state index in [-0.39, 0.29) is 11.9 Å². The molecule has 0 saturated carbocycles. The highest BCUT2D eigenvalue weighted by Crippen LogP contribution is 2.31. The monoisotopic (exact) mass is 283 g/mol. The Hall–Kier alpha value is -1.13. The van der Waals surface area contributed by atoms with E-state index in [1.807, 2.05) is 19.1 Å². The van der Waals surface area contributed by atoms with Gasteiger partial charge in [0.1, 0.15) is 17.3 Å². The van der Waals surface area contributed by atoms with Crippen LogP contribution in [0.15, 0.2) is 39.2 Å². The molecule has 0 fully saturated rings. The standard InChI is InChI=1S/C12H11BrFNO/c1-7(15)11-4-5-12(16-11)9-3-2-8(14)6-10(9)13/h2-7H,15H2,1H3. The predicted molar refractivity (Wildman–Crippen MR) is 64.4 cm³/mol. The summed E-state index contributed by atoms with van der Waals surface area (Å²) in [5.74, 6) is 1.11. The molecule has 2 N–H and O–H groups in total. The van der Waals surface area contributed by atoms with Crippen molar-refractivity contribution >= 4 is 15.9 Å². The summed E-state index contributed by atoms with van der Waals surface area (Å²) >= 11 is 3.30. The second kappa shape index (κ2) is 4.39. The molecular weight excluding hydrogens is 273 g/mol. The van der Waals surface area contributed by atoms with Crippen molar-refractivity contribution in [3.63, 3.8) is 0 Å². The Morgan fingerprint density at radius 3 is 2.62 bits per heavy atom. The first-order valence-corrected chi connectivity index (χ1v) is 5.68. The Morgan fingerprint density at radius 2 is 2.06 bits per heavy atom. The smallest absolute Gasteiger partial charge is 0.135 e. The van der Waals surface area contributed by atoms with Crippen LogP contribution >= 0.6 is 15.9 Å². The first kappa shape index (κ1) is 11.4. The minimum Gasteiger partial charge on any atom is -0.459 e. The zero-order valence-electron chi connectivity index (χ0n) is 8.71. The number of benzene rings is 1. The highest BCUT2D eigenvalue weighted by Gasteiger charge is 2.10. The molecule has 0 amide bonds. The Labute approximate surface area is 101 Å². The largest absolute Gasteiger partial charge is 0.459 e. The molecule has 1 aromatic heterocycles. The lowest BCUT2D eigenvalue weighted by molar-refractivity contribution is 0.491. The van der Waals surface area contributed by atoms with Crippen LogP contribution in [0.4, 0.5) is 4.39 Å². The molecule has 2 rings (SSSR count). The quantitative estimate of drug-likeness (QED) is 0.909. The fraction of sp³-hybridized carbons (Fsp3) is 0.167. The molecule has 0 bridgehead atoms. The van der Waals surface area contributed by atoms with Crippen LogP contribution in [0.3, 0.4) is 0 Å². The minimum atomic E-state index is -0.283. The third-order valence-corrected chi connectivity index (χ3v) is 2.93. The van der Waals surface area contributed by atoms with Gasteiger partial charge in [0.15, 0.2) is 0 Å². The van der Waals surface area contributed by atoms with Crippen molar-refractivity contribution in [1.29, 1.82) is 0 Å². The van der Waals surface area contributed by atoms with Crippen molar-refractivity contribution in [3.8, 4) is 11.3 Å². The molecule has 16 heavy (non-hydrogen) atoms. The first-order chi connectivity index (χ1) is 7.58. The van der Waals surface area contributed by atoms with E-state index in [2.05, 4.69) is 15.9 Å². The summed E-state index contributed by atoms with van der Waals surface area (Å²) in [5.41, 5.74) is 6.52. The summed E-state index contributed by atoms with van der Waals surface area (Å²) < 4.78 is 19.2. The second-order valence-corrected chi connectivity index (χ2v) is 4.47. The molecule has 0 aliphatic rings. The van der Waals surface area contributed by atoms with Gasteiger partial charge in [-0.1, -0.05) is 0 Å². The van der Waals surface area contributed by atoms with Crippen LogP contribution in [0.5, 0.6) is 0 Å². The van der Waals surface area contributed by atoms with Crippen LogP contribution in [0, 0.1) is 5.82 Å². The Balaban J connectivity index is 2.42. The number of rotatable bonds is 2. The molecule has 0 spiro atoms. The van der Waals surface area contributed by atoms with Gasteiger partial charge in [-0.2, -0.15) is 0 Å². The minimum absolute atomic E-state index is 0.145. The van der Waals surface area contributed by atoms with Gasteiger partial charge in [0.25, 0.3) is 0 Å². The summed E-state index contributed by atoms with van der Waals surface area (Å²) in [4.78, 5) is 0. The molecule has 4 heteroatoms. The van der Waals surface area contributed by atoms with Gasteiger partial charge in [0, 0.05) is 10.0 Å². The van der Waals surface area contributed by atoms with E-state index in [1.54, 1.807) is 6.07 Å². The van der Waals surface area contributed by atoms with Crippen LogP contribution in [0.1, 0.15) is 18.7 Å². The first-order valence-electron chi connectivity index (χ1n) is 4.88. The maximum Gasteiger partial charge on any atom is 0.135 e. The van der Waals surface area contributed by atoms with Crippen molar-refractivity contribution in [2.45, 2.75) is 13.0 Å². The highest BCUT2D eigenvalue weighted by molar-refractivity contribution is 9.10. The molecule has 2 aromatic rings. The third-order valence-electron chi connectivity index (χ3n) is 2.27. The average molecular weight is 284 g/mol. The Bertz CT molecular complexity index is 507. The lowest BCUT2D eigenvalue weighted by Crippen LogP contribution is -2.02. The maximum atomic E-state index is 12.9. The fourth-order valence-corrected chi connectivity index (χ4v) is 1.98. The third kappa shape index (κ3) is 2.18. The summed E-state index contributed by atoms with van der Waals surface area (Å²) in [5, 5.41) is 0. The molecule has 1 aromatic carbocycles. The number of furan rings is 1. The van der Waals surface area contributed by atoms with Crippen molar-refractivity contribution in [2.75, 3.05) is 0 Å². The van der Waals surface area contributed by atoms with Crippen LogP contribution in [-0.4, -0.2) is 0 Å². The lowest BCUT2D eigenvalue weighted by Gasteiger charge is -2.02. The van der Waals surface area contributed by atoms with Gasteiger partial charge in [-0.15, -0.1) is 0 Å². The summed E-state index contributed by atoms with van der Waals surface area (Å²) in [6, 6.07) is 7.99. The van der Waals surface area contributed by atoms with Crippen molar-refractivity contribution < 1.29 is 8.81 Å². The summed E-state index contributed by atoms with van der Waals surface area (Å²) in [7, 11) is 0. The molecule has 1 atom stereocenters. The lowest BCUT2D eigenvalue weighted by atomic mass is 10.2. The molecule has 0 radical (unpaired) electrons. The molecule has 1 heterocycles. The van der Waals surface area contributed by atoms with Gasteiger partial charge in [0.05, 0.1) is 6.04 Å². The summed E-state index contributed by atoms with van der Waals surface area (Å²) in [6.07, 6.45) is 0. The van der Waals surface area contributed by atoms with Gasteiger partial charge in [-0.25, -0.2) is 4.39 Å². The number of hydrogen-bond acceptors (Lipinski definition) is 2. The molecule has 2 nitrogen and oxygen atoms in total. The van der Waals surface area contributed by atoms with Crippen LogP contribution < -0.4 is 5.73 Å². The zero-order chi connectivity index (χ0) is 11.7. The van der Waals surface area contributed by atoms with Crippen molar-refractivity contribution in [1.82, 2.24) is 0 Å². The number of halogens is 2. The average Bonchev–Trinajstić information content (AvgIpc) is 2.66. The Kier molecular flexibility index (Phi) is 3.12. The predicted octanol–water partition coefficient (Wildman–Crippen LogP) is 3.87. The number of nitrogens with two attached hydrogens (primary N) is 1. The van der Waals surface area contributed by atoms with E-state index in [1.165, 1.54) is 12.1 Å². The molecule has 0 aliphatic carbocycles. The molecule has 84 valence electrons. The molecule has 1 unspecified atom stereocenters. The van der Waals surface area contributed by atoms with Gasteiger partial charge < -0.3 is 10.2 Å². The van der Waals surface area contributed by atoms with E-state index in [9.17, 15) is 4.39 Å². The summed E-state index contributed by atoms with van der Waals surface area (Å²) in [6.45, 7) is 1.85. The van der Waals surface area contributed by atoms with E-state index < -0.39 is 0 Å². The molecule has 0 aliphatic heterocycles. The second-order valence-electron chi connectivity index (χ2n) is 3.61. The van der Waals surface area contributed by atoms with E-state index in [0.29, 0.717) is 16.0 Å². The van der Waals surface area contributed by atoms with Crippen molar-refractivity contribution in [3.05, 3.63) is 46.4 Å². The van der Waals surface area contributed by atoms with Crippen LogP contribution in [0.2, 0.25) is 0 Å². The molecule has 0 saturated heterocycles. The van der Waals surface area contributed by atoms with E-state index >= 15 is 0 Å². The van der Waals surface area contributed by atoms with Gasteiger partial charge in [-0.3, -0.25) is 0 Å². The number of hydrogen-bond donors (Lipinski definition) is 1. The topological polar surface area (TPSA) is 39.2 Å². The molecular formula is C12H11BrFNO. The van der Waals surface area contributed by atoms with E-state index in [0.717, 1.165) is 5.56 Å². The van der Waals surface area contributed by atoms with Crippen LogP contribution in [-0.2, 0) is 0 Å². The van der Waals surface area contributed by atoms with E-state index in [4.69, 9.17) is 10.2 Å². The van der Waals surface area contributed by atoms with Crippen LogP contribution in [0.25, 0.3) is 11.3 Å². The fourth-order valence-electron chi connectivity index (χ4n) is 1.43. The van der Waals surface area contributed by atoms with Gasteiger partial charge >= 0.3 is 0 Å². The SMILES string of the molecule is CC(N)c1ccc(-c2ccc(F)cc2Br)o1. The van der Waals surface area contributed by atoms with Gasteiger partial charge in [-0.05, 0) is 53.2 Å². The van der Waals surface area contributed by atoms with Gasteiger partial charge in [0.2, 0.25) is 0 Å². The van der Waals surface area contributed by atoms with Crippen molar-refractivity contribution in [2.24, 2.45) is 5.73 Å². The zero-order valence-corrected chi connectivity index (χ0v) is 10.3. The normalized spacial score (nSPS) is 12.8. The maximum absolute atomic E-state index is 12.9. The highest BCUT2D eigenvalue weighted by atomic mass is 79.9. The Morgan fingerprint density at radius 1 is 1.31 bits per heavy atom.